The van der Waals surface area contributed by atoms with E-state index in [4.69, 9.17) is 15.0 Å². The fraction of sp³-hybridized carbons (Fsp3) is 0.333. The molecule has 0 amide bonds. The second kappa shape index (κ2) is 5.80. The summed E-state index contributed by atoms with van der Waals surface area (Å²) in [5, 5.41) is 9.63. The van der Waals surface area contributed by atoms with Gasteiger partial charge in [-0.2, -0.15) is 0 Å². The molecule has 0 saturated carbocycles. The van der Waals surface area contributed by atoms with Gasteiger partial charge in [-0.05, 0) is 18.2 Å². The van der Waals surface area contributed by atoms with Crippen LogP contribution in [0.2, 0.25) is 0 Å². The van der Waals surface area contributed by atoms with E-state index in [1.165, 1.54) is 13.2 Å². The van der Waals surface area contributed by atoms with Crippen molar-refractivity contribution in [3.05, 3.63) is 23.8 Å². The molecule has 2 unspecified atom stereocenters. The van der Waals surface area contributed by atoms with Crippen LogP contribution in [0.5, 0.6) is 5.75 Å². The summed E-state index contributed by atoms with van der Waals surface area (Å²) in [6.07, 6.45) is -0.871. The molecule has 0 bridgehead atoms. The number of aliphatic hydroxyl groups is 1. The molecule has 0 aliphatic heterocycles. The molecule has 0 heterocycles. The molecular formula is C9H14N2O4S. The highest BCUT2D eigenvalue weighted by atomic mass is 32.2. The maximum absolute atomic E-state index is 10.6. The van der Waals surface area contributed by atoms with Crippen molar-refractivity contribution >= 4 is 17.0 Å². The number of ether oxygens (including phenoxy) is 1. The minimum atomic E-state index is -2.15. The first kappa shape index (κ1) is 12.9. The van der Waals surface area contributed by atoms with Crippen LogP contribution in [-0.2, 0) is 11.3 Å². The van der Waals surface area contributed by atoms with Crippen molar-refractivity contribution in [1.82, 2.24) is 0 Å². The van der Waals surface area contributed by atoms with E-state index in [0.717, 1.165) is 0 Å². The standard InChI is InChI=1S/C9H14N2O4S/c1-15-9-3-2-6(11-16(13)14)4-7(9)8(12)5-10/h2-4,8,11-12H,5,10H2,1H3,(H,13,14). The van der Waals surface area contributed by atoms with Gasteiger partial charge in [0.15, 0.2) is 0 Å². The van der Waals surface area contributed by atoms with Gasteiger partial charge in [0.05, 0.1) is 13.2 Å². The summed E-state index contributed by atoms with van der Waals surface area (Å²) in [7, 11) is 1.47. The summed E-state index contributed by atoms with van der Waals surface area (Å²) in [6, 6.07) is 4.67. The van der Waals surface area contributed by atoms with Gasteiger partial charge in [-0.25, -0.2) is 4.21 Å². The van der Waals surface area contributed by atoms with Gasteiger partial charge in [0, 0.05) is 17.8 Å². The van der Waals surface area contributed by atoms with E-state index >= 15 is 0 Å². The summed E-state index contributed by atoms with van der Waals surface area (Å²) in [6.45, 7) is 0.0437. The van der Waals surface area contributed by atoms with Crippen LogP contribution in [0, 0.1) is 0 Å². The first-order valence-electron chi connectivity index (χ1n) is 4.52. The summed E-state index contributed by atoms with van der Waals surface area (Å²) < 4.78 is 26.6. The van der Waals surface area contributed by atoms with Crippen LogP contribution < -0.4 is 15.2 Å². The van der Waals surface area contributed by atoms with E-state index in [9.17, 15) is 9.32 Å². The number of hydrogen-bond donors (Lipinski definition) is 4. The van der Waals surface area contributed by atoms with E-state index in [2.05, 4.69) is 4.72 Å². The van der Waals surface area contributed by atoms with Gasteiger partial charge in [-0.3, -0.25) is 9.27 Å². The lowest BCUT2D eigenvalue weighted by Crippen LogP contribution is -2.13. The molecule has 0 radical (unpaired) electrons. The molecule has 0 spiro atoms. The second-order valence-corrected chi connectivity index (χ2v) is 3.76. The van der Waals surface area contributed by atoms with Crippen LogP contribution in [-0.4, -0.2) is 27.5 Å². The van der Waals surface area contributed by atoms with E-state index in [-0.39, 0.29) is 6.54 Å². The molecule has 16 heavy (non-hydrogen) atoms. The summed E-state index contributed by atoms with van der Waals surface area (Å²) in [4.78, 5) is 0. The van der Waals surface area contributed by atoms with Gasteiger partial charge in [-0.15, -0.1) is 0 Å². The molecule has 90 valence electrons. The van der Waals surface area contributed by atoms with Crippen molar-refractivity contribution in [3.63, 3.8) is 0 Å². The highest BCUT2D eigenvalue weighted by molar-refractivity contribution is 7.80. The van der Waals surface area contributed by atoms with Gasteiger partial charge in [-0.1, -0.05) is 0 Å². The monoisotopic (exact) mass is 246 g/mol. The van der Waals surface area contributed by atoms with Crippen LogP contribution >= 0.6 is 0 Å². The van der Waals surface area contributed by atoms with E-state index in [1.54, 1.807) is 12.1 Å². The number of benzene rings is 1. The average molecular weight is 246 g/mol. The predicted molar refractivity (Wildman–Crippen MR) is 61.4 cm³/mol. The highest BCUT2D eigenvalue weighted by Crippen LogP contribution is 2.27. The van der Waals surface area contributed by atoms with Crippen LogP contribution in [0.3, 0.4) is 0 Å². The third-order valence-electron chi connectivity index (χ3n) is 2.02. The average Bonchev–Trinajstić information content (AvgIpc) is 2.27. The van der Waals surface area contributed by atoms with Crippen molar-refractivity contribution in [2.24, 2.45) is 5.73 Å². The molecular weight excluding hydrogens is 232 g/mol. The molecule has 2 atom stereocenters. The van der Waals surface area contributed by atoms with Crippen molar-refractivity contribution < 1.29 is 18.6 Å². The normalized spacial score (nSPS) is 14.2. The lowest BCUT2D eigenvalue weighted by atomic mass is 10.1. The van der Waals surface area contributed by atoms with Gasteiger partial charge in [0.1, 0.15) is 5.75 Å². The molecule has 1 aromatic carbocycles. The third-order valence-corrected chi connectivity index (χ3v) is 2.43. The molecule has 7 heteroatoms. The number of rotatable bonds is 5. The van der Waals surface area contributed by atoms with Gasteiger partial charge in [0.2, 0.25) is 0 Å². The van der Waals surface area contributed by atoms with Crippen molar-refractivity contribution in [2.75, 3.05) is 18.4 Å². The predicted octanol–water partition coefficient (Wildman–Crippen LogP) is 0.236. The van der Waals surface area contributed by atoms with Crippen LogP contribution in [0.15, 0.2) is 18.2 Å². The number of anilines is 1. The smallest absolute Gasteiger partial charge is 0.259 e. The third kappa shape index (κ3) is 3.17. The maximum Gasteiger partial charge on any atom is 0.259 e. The van der Waals surface area contributed by atoms with E-state index in [1.807, 2.05) is 0 Å². The van der Waals surface area contributed by atoms with Gasteiger partial charge < -0.3 is 15.6 Å². The number of methoxy groups -OCH3 is 1. The molecule has 0 aromatic heterocycles. The quantitative estimate of drug-likeness (QED) is 0.557. The zero-order valence-electron chi connectivity index (χ0n) is 8.71. The number of hydrogen-bond acceptors (Lipinski definition) is 4. The van der Waals surface area contributed by atoms with E-state index < -0.39 is 17.4 Å². The van der Waals surface area contributed by atoms with Crippen LogP contribution in [0.4, 0.5) is 5.69 Å². The molecule has 0 aliphatic carbocycles. The maximum atomic E-state index is 10.6. The Bertz CT molecular complexity index is 386. The molecule has 0 saturated heterocycles. The molecule has 0 aliphatic rings. The van der Waals surface area contributed by atoms with Crippen LogP contribution in [0.1, 0.15) is 11.7 Å². The first-order chi connectivity index (χ1) is 7.58. The van der Waals surface area contributed by atoms with E-state index in [0.29, 0.717) is 17.0 Å². The topological polar surface area (TPSA) is 105 Å². The lowest BCUT2D eigenvalue weighted by Gasteiger charge is -2.14. The van der Waals surface area contributed by atoms with Crippen molar-refractivity contribution in [1.29, 1.82) is 0 Å². The molecule has 6 nitrogen and oxygen atoms in total. The van der Waals surface area contributed by atoms with Crippen molar-refractivity contribution in [2.45, 2.75) is 6.10 Å². The Kier molecular flexibility index (Phi) is 4.69. The SMILES string of the molecule is COc1ccc(NS(=O)O)cc1C(O)CN. The Labute approximate surface area is 95.8 Å². The Morgan fingerprint density at radius 1 is 1.62 bits per heavy atom. The number of nitrogens with one attached hydrogen (secondary N) is 1. The highest BCUT2D eigenvalue weighted by Gasteiger charge is 2.12. The Morgan fingerprint density at radius 3 is 2.81 bits per heavy atom. The molecule has 0 fully saturated rings. The van der Waals surface area contributed by atoms with Crippen molar-refractivity contribution in [3.8, 4) is 5.75 Å². The lowest BCUT2D eigenvalue weighted by molar-refractivity contribution is 0.182. The van der Waals surface area contributed by atoms with Gasteiger partial charge >= 0.3 is 0 Å². The summed E-state index contributed by atoms with van der Waals surface area (Å²) >= 11 is -2.15. The molecule has 1 rings (SSSR count). The minimum Gasteiger partial charge on any atom is -0.496 e. The molecule has 1 aromatic rings. The zero-order valence-corrected chi connectivity index (χ0v) is 9.53. The second-order valence-electron chi connectivity index (χ2n) is 3.06. The summed E-state index contributed by atoms with van der Waals surface area (Å²) in [5.74, 6) is 0.479. The number of nitrogens with two attached hydrogens (primary N) is 1. The first-order valence-corrected chi connectivity index (χ1v) is 5.62. The Morgan fingerprint density at radius 2 is 2.31 bits per heavy atom. The zero-order chi connectivity index (χ0) is 12.1. The van der Waals surface area contributed by atoms with Gasteiger partial charge in [0.25, 0.3) is 11.3 Å². The fourth-order valence-electron chi connectivity index (χ4n) is 1.29. The largest absolute Gasteiger partial charge is 0.496 e. The minimum absolute atomic E-state index is 0.0437. The number of aliphatic hydroxyl groups excluding tert-OH is 1. The Hall–Kier alpha value is -1.15. The van der Waals surface area contributed by atoms with Crippen LogP contribution in [0.25, 0.3) is 0 Å². The fourth-order valence-corrected chi connectivity index (χ4v) is 1.61. The molecule has 5 N–H and O–H groups in total. The summed E-state index contributed by atoms with van der Waals surface area (Å²) in [5.41, 5.74) is 6.22. The Balaban J connectivity index is 3.05.